The van der Waals surface area contributed by atoms with E-state index in [1.54, 1.807) is 11.3 Å². The maximum absolute atomic E-state index is 11.8. The van der Waals surface area contributed by atoms with Crippen LogP contribution in [0.25, 0.3) is 11.5 Å². The Morgan fingerprint density at radius 2 is 2.05 bits per heavy atom. The molecule has 112 valence electrons. The van der Waals surface area contributed by atoms with Gasteiger partial charge in [0.05, 0.1) is 0 Å². The van der Waals surface area contributed by atoms with E-state index in [0.29, 0.717) is 31.2 Å². The lowest BCUT2D eigenvalue weighted by atomic mass is 10.2. The normalized spacial score (nSPS) is 10.5. The number of aryl methyl sites for hydroxylation is 1. The number of aromatic nitrogens is 2. The molecule has 0 fully saturated rings. The number of amides is 1. The van der Waals surface area contributed by atoms with Crippen LogP contribution in [0.3, 0.4) is 0 Å². The fraction of sp³-hybridized carbons (Fsp3) is 0.188. The first-order valence-corrected chi connectivity index (χ1v) is 7.91. The molecule has 0 spiro atoms. The fourth-order valence-corrected chi connectivity index (χ4v) is 2.62. The monoisotopic (exact) mass is 313 g/mol. The summed E-state index contributed by atoms with van der Waals surface area (Å²) in [6, 6.07) is 11.6. The lowest BCUT2D eigenvalue weighted by Gasteiger charge is -2.01. The van der Waals surface area contributed by atoms with Crippen molar-refractivity contribution in [2.24, 2.45) is 0 Å². The third-order valence-corrected chi connectivity index (χ3v) is 3.86. The number of carbonyl (C=O) groups is 1. The Bertz CT molecular complexity index is 723. The second-order valence-electron chi connectivity index (χ2n) is 4.78. The van der Waals surface area contributed by atoms with E-state index in [4.69, 9.17) is 4.42 Å². The molecule has 0 saturated heterocycles. The van der Waals surface area contributed by atoms with Gasteiger partial charge in [0.25, 0.3) is 0 Å². The van der Waals surface area contributed by atoms with Gasteiger partial charge in [0.15, 0.2) is 0 Å². The van der Waals surface area contributed by atoms with Gasteiger partial charge in [-0.25, -0.2) is 0 Å². The van der Waals surface area contributed by atoms with Crippen LogP contribution in [-0.2, 0) is 17.8 Å². The molecule has 6 heteroatoms. The van der Waals surface area contributed by atoms with Crippen molar-refractivity contribution in [3.63, 3.8) is 0 Å². The van der Waals surface area contributed by atoms with Crippen LogP contribution in [0, 0.1) is 0 Å². The summed E-state index contributed by atoms with van der Waals surface area (Å²) in [7, 11) is 0. The van der Waals surface area contributed by atoms with Crippen LogP contribution in [0.4, 0.5) is 0 Å². The topological polar surface area (TPSA) is 68.0 Å². The van der Waals surface area contributed by atoms with Crippen LogP contribution in [0.1, 0.15) is 17.9 Å². The van der Waals surface area contributed by atoms with Crippen molar-refractivity contribution in [1.82, 2.24) is 15.5 Å². The molecule has 1 amide bonds. The Morgan fingerprint density at radius 1 is 1.18 bits per heavy atom. The van der Waals surface area contributed by atoms with Gasteiger partial charge in [-0.05, 0) is 34.5 Å². The number of thiophene rings is 1. The third kappa shape index (κ3) is 3.79. The molecule has 0 aliphatic carbocycles. The molecule has 3 aromatic rings. The zero-order chi connectivity index (χ0) is 15.2. The van der Waals surface area contributed by atoms with Gasteiger partial charge in [-0.1, -0.05) is 18.2 Å². The predicted octanol–water partition coefficient (Wildman–Crippen LogP) is 3.05. The highest BCUT2D eigenvalue weighted by Gasteiger charge is 2.10. The summed E-state index contributed by atoms with van der Waals surface area (Å²) < 4.78 is 5.57. The first kappa shape index (κ1) is 14.5. The summed E-state index contributed by atoms with van der Waals surface area (Å²) in [5, 5.41) is 14.9. The van der Waals surface area contributed by atoms with Crippen LogP contribution in [0.5, 0.6) is 0 Å². The minimum absolute atomic E-state index is 0.0225. The molecule has 3 rings (SSSR count). The zero-order valence-electron chi connectivity index (χ0n) is 11.9. The highest BCUT2D eigenvalue weighted by atomic mass is 32.1. The van der Waals surface area contributed by atoms with Crippen LogP contribution in [-0.4, -0.2) is 16.1 Å². The number of hydrogen-bond donors (Lipinski definition) is 1. The maximum atomic E-state index is 11.8. The van der Waals surface area contributed by atoms with Gasteiger partial charge >= 0.3 is 0 Å². The van der Waals surface area contributed by atoms with Gasteiger partial charge in [0.1, 0.15) is 0 Å². The second-order valence-corrected chi connectivity index (χ2v) is 5.56. The smallest absolute Gasteiger partial charge is 0.247 e. The van der Waals surface area contributed by atoms with E-state index < -0.39 is 0 Å². The molecule has 5 nitrogen and oxygen atoms in total. The Morgan fingerprint density at radius 3 is 2.82 bits per heavy atom. The van der Waals surface area contributed by atoms with Gasteiger partial charge in [0.2, 0.25) is 17.7 Å². The highest BCUT2D eigenvalue weighted by Crippen LogP contribution is 2.17. The van der Waals surface area contributed by atoms with Gasteiger partial charge < -0.3 is 9.73 Å². The van der Waals surface area contributed by atoms with Crippen molar-refractivity contribution < 1.29 is 9.21 Å². The quantitative estimate of drug-likeness (QED) is 0.759. The van der Waals surface area contributed by atoms with Gasteiger partial charge in [-0.2, -0.15) is 11.3 Å². The SMILES string of the molecule is O=C(CCc1nnc(-c2ccccc2)o1)NCc1ccsc1. The fourth-order valence-electron chi connectivity index (χ4n) is 1.95. The van der Waals surface area contributed by atoms with Crippen molar-refractivity contribution in [2.75, 3.05) is 0 Å². The van der Waals surface area contributed by atoms with E-state index in [2.05, 4.69) is 15.5 Å². The minimum atomic E-state index is -0.0225. The summed E-state index contributed by atoms with van der Waals surface area (Å²) in [6.07, 6.45) is 0.774. The van der Waals surface area contributed by atoms with E-state index in [9.17, 15) is 4.79 Å². The first-order chi connectivity index (χ1) is 10.8. The van der Waals surface area contributed by atoms with Crippen molar-refractivity contribution in [2.45, 2.75) is 19.4 Å². The molecule has 0 radical (unpaired) electrons. The van der Waals surface area contributed by atoms with Crippen molar-refractivity contribution >= 4 is 17.2 Å². The summed E-state index contributed by atoms with van der Waals surface area (Å²) in [4.78, 5) is 11.8. The lowest BCUT2D eigenvalue weighted by molar-refractivity contribution is -0.121. The van der Waals surface area contributed by atoms with Crippen LogP contribution >= 0.6 is 11.3 Å². The number of benzene rings is 1. The van der Waals surface area contributed by atoms with E-state index in [1.807, 2.05) is 47.2 Å². The Kier molecular flexibility index (Phi) is 4.60. The Labute approximate surface area is 132 Å². The number of nitrogens with one attached hydrogen (secondary N) is 1. The largest absolute Gasteiger partial charge is 0.421 e. The minimum Gasteiger partial charge on any atom is -0.421 e. The van der Waals surface area contributed by atoms with E-state index in [1.165, 1.54) is 0 Å². The molecular formula is C16H15N3O2S. The second kappa shape index (κ2) is 7.00. The Hall–Kier alpha value is -2.47. The van der Waals surface area contributed by atoms with Gasteiger partial charge in [0, 0.05) is 24.9 Å². The molecule has 0 aliphatic heterocycles. The molecule has 2 aromatic heterocycles. The molecule has 0 saturated carbocycles. The number of carbonyl (C=O) groups excluding carboxylic acids is 1. The molecule has 0 unspecified atom stereocenters. The summed E-state index contributed by atoms with van der Waals surface area (Å²) in [5.74, 6) is 0.935. The van der Waals surface area contributed by atoms with E-state index in [0.717, 1.165) is 11.1 Å². The first-order valence-electron chi connectivity index (χ1n) is 6.97. The maximum Gasteiger partial charge on any atom is 0.247 e. The lowest BCUT2D eigenvalue weighted by Crippen LogP contribution is -2.22. The van der Waals surface area contributed by atoms with E-state index in [-0.39, 0.29) is 5.91 Å². The number of rotatable bonds is 6. The summed E-state index contributed by atoms with van der Waals surface area (Å²) >= 11 is 1.62. The van der Waals surface area contributed by atoms with Gasteiger partial charge in [-0.15, -0.1) is 10.2 Å². The average molecular weight is 313 g/mol. The number of hydrogen-bond acceptors (Lipinski definition) is 5. The van der Waals surface area contributed by atoms with Crippen molar-refractivity contribution in [3.05, 3.63) is 58.6 Å². The van der Waals surface area contributed by atoms with Gasteiger partial charge in [-0.3, -0.25) is 4.79 Å². The van der Waals surface area contributed by atoms with Crippen LogP contribution in [0.15, 0.2) is 51.6 Å². The van der Waals surface area contributed by atoms with Crippen molar-refractivity contribution in [1.29, 1.82) is 0 Å². The molecule has 0 bridgehead atoms. The standard InChI is InChI=1S/C16H15N3O2S/c20-14(17-10-12-8-9-22-11-12)6-7-15-18-19-16(21-15)13-4-2-1-3-5-13/h1-5,8-9,11H,6-7,10H2,(H,17,20). The third-order valence-electron chi connectivity index (χ3n) is 3.12. The molecule has 0 aliphatic rings. The average Bonchev–Trinajstić information content (AvgIpc) is 3.23. The molecule has 2 heterocycles. The highest BCUT2D eigenvalue weighted by molar-refractivity contribution is 7.07. The molecule has 1 N–H and O–H groups in total. The molecule has 0 atom stereocenters. The van der Waals surface area contributed by atoms with Crippen molar-refractivity contribution in [3.8, 4) is 11.5 Å². The van der Waals surface area contributed by atoms with Crippen LogP contribution in [0.2, 0.25) is 0 Å². The zero-order valence-corrected chi connectivity index (χ0v) is 12.7. The summed E-state index contributed by atoms with van der Waals surface area (Å²) in [5.41, 5.74) is 1.99. The predicted molar refractivity (Wildman–Crippen MR) is 84.2 cm³/mol. The summed E-state index contributed by atoms with van der Waals surface area (Å²) in [6.45, 7) is 0.557. The Balaban J connectivity index is 1.49. The molecule has 22 heavy (non-hydrogen) atoms. The number of nitrogens with zero attached hydrogens (tertiary/aromatic N) is 2. The molecule has 1 aromatic carbocycles. The van der Waals surface area contributed by atoms with Crippen LogP contribution < -0.4 is 5.32 Å². The van der Waals surface area contributed by atoms with E-state index >= 15 is 0 Å². The molecular weight excluding hydrogens is 298 g/mol.